The minimum Gasteiger partial charge on any atom is -0.393 e. The summed E-state index contributed by atoms with van der Waals surface area (Å²) in [6, 6.07) is 0. The molecule has 2 aliphatic rings. The summed E-state index contributed by atoms with van der Waals surface area (Å²) in [6.45, 7) is 5.44. The van der Waals surface area contributed by atoms with Gasteiger partial charge in [-0.15, -0.1) is 11.8 Å². The normalized spacial score (nSPS) is 23.7. The highest BCUT2D eigenvalue weighted by molar-refractivity contribution is 8.00. The molecule has 1 spiro atoms. The van der Waals surface area contributed by atoms with Crippen LogP contribution in [0.4, 0.5) is 0 Å². The van der Waals surface area contributed by atoms with Crippen molar-refractivity contribution in [2.45, 2.75) is 44.1 Å². The third kappa shape index (κ3) is 3.05. The Hall–Kier alpha value is -0.750. The van der Waals surface area contributed by atoms with Crippen LogP contribution in [-0.2, 0) is 9.59 Å². The van der Waals surface area contributed by atoms with E-state index < -0.39 is 6.10 Å². The largest absolute Gasteiger partial charge is 0.393 e. The summed E-state index contributed by atoms with van der Waals surface area (Å²) >= 11 is 1.85. The average molecular weight is 286 g/mol. The number of carbonyl (C=O) groups excluding carboxylic acids is 2. The van der Waals surface area contributed by atoms with Crippen LogP contribution in [0.2, 0.25) is 0 Å². The maximum absolute atomic E-state index is 11.9. The third-order valence-electron chi connectivity index (χ3n) is 3.93. The Balaban J connectivity index is 1.95. The fourth-order valence-corrected chi connectivity index (χ4v) is 4.46. The zero-order chi connectivity index (χ0) is 14.0. The second-order valence-electron chi connectivity index (χ2n) is 5.40. The fraction of sp³-hybridized carbons (Fsp3) is 0.846. The lowest BCUT2D eigenvalue weighted by Gasteiger charge is -2.43. The molecule has 2 heterocycles. The minimum atomic E-state index is -0.585. The van der Waals surface area contributed by atoms with Gasteiger partial charge >= 0.3 is 0 Å². The highest BCUT2D eigenvalue weighted by Gasteiger charge is 2.45. The molecule has 0 bridgehead atoms. The van der Waals surface area contributed by atoms with Gasteiger partial charge in [-0.2, -0.15) is 0 Å². The number of carbonyl (C=O) groups is 2. The topological polar surface area (TPSA) is 60.9 Å². The van der Waals surface area contributed by atoms with Crippen LogP contribution in [0.15, 0.2) is 0 Å². The molecular weight excluding hydrogens is 264 g/mol. The van der Waals surface area contributed by atoms with Crippen LogP contribution in [0, 0.1) is 0 Å². The molecule has 2 rings (SSSR count). The van der Waals surface area contributed by atoms with Gasteiger partial charge in [0.15, 0.2) is 0 Å². The lowest BCUT2D eigenvalue weighted by molar-refractivity contribution is -0.136. The van der Waals surface area contributed by atoms with Gasteiger partial charge in [0.2, 0.25) is 11.8 Å². The summed E-state index contributed by atoms with van der Waals surface area (Å²) in [7, 11) is 0. The van der Waals surface area contributed by atoms with Crippen molar-refractivity contribution in [1.29, 1.82) is 0 Å². The molecule has 2 saturated heterocycles. The van der Waals surface area contributed by atoms with Gasteiger partial charge in [-0.05, 0) is 19.8 Å². The maximum atomic E-state index is 11.9. The Kier molecular flexibility index (Phi) is 4.40. The number of hydrogen-bond acceptors (Lipinski definition) is 4. The summed E-state index contributed by atoms with van der Waals surface area (Å²) in [4.78, 5) is 27.3. The minimum absolute atomic E-state index is 0.0159. The van der Waals surface area contributed by atoms with E-state index in [0.717, 1.165) is 25.1 Å². The van der Waals surface area contributed by atoms with Gasteiger partial charge in [0.1, 0.15) is 0 Å². The smallest absolute Gasteiger partial charge is 0.225 e. The Morgan fingerprint density at radius 3 is 2.47 bits per heavy atom. The predicted molar refractivity (Wildman–Crippen MR) is 74.7 cm³/mol. The molecule has 2 amide bonds. The SMILES string of the molecule is CC(=O)N1CCSC12CCN(C(=O)C[C@@H](C)O)CC2. The van der Waals surface area contributed by atoms with Gasteiger partial charge in [0.05, 0.1) is 17.4 Å². The zero-order valence-corrected chi connectivity index (χ0v) is 12.4. The van der Waals surface area contributed by atoms with Gasteiger partial charge in [0, 0.05) is 32.3 Å². The van der Waals surface area contributed by atoms with E-state index in [1.54, 1.807) is 13.8 Å². The van der Waals surface area contributed by atoms with E-state index in [4.69, 9.17) is 0 Å². The number of hydrogen-bond donors (Lipinski definition) is 1. The summed E-state index contributed by atoms with van der Waals surface area (Å²) in [5.74, 6) is 1.14. The van der Waals surface area contributed by atoms with E-state index in [1.165, 1.54) is 0 Å². The summed E-state index contributed by atoms with van der Waals surface area (Å²) in [5, 5.41) is 9.27. The van der Waals surface area contributed by atoms with Crippen molar-refractivity contribution < 1.29 is 14.7 Å². The number of thioether (sulfide) groups is 1. The lowest BCUT2D eigenvalue weighted by atomic mass is 10.0. The van der Waals surface area contributed by atoms with Crippen molar-refractivity contribution in [3.05, 3.63) is 0 Å². The number of aliphatic hydroxyl groups is 1. The number of amides is 2. The van der Waals surface area contributed by atoms with Gasteiger partial charge in [-0.1, -0.05) is 0 Å². The van der Waals surface area contributed by atoms with Crippen molar-refractivity contribution >= 4 is 23.6 Å². The second-order valence-corrected chi connectivity index (χ2v) is 6.86. The number of nitrogens with zero attached hydrogens (tertiary/aromatic N) is 2. The van der Waals surface area contributed by atoms with Gasteiger partial charge in [0.25, 0.3) is 0 Å². The van der Waals surface area contributed by atoms with Crippen LogP contribution in [0.1, 0.15) is 33.1 Å². The molecule has 0 unspecified atom stereocenters. The molecule has 6 heteroatoms. The number of aliphatic hydroxyl groups excluding tert-OH is 1. The van der Waals surface area contributed by atoms with Crippen LogP contribution < -0.4 is 0 Å². The van der Waals surface area contributed by atoms with Crippen molar-refractivity contribution in [3.8, 4) is 0 Å². The molecule has 2 aliphatic heterocycles. The first-order chi connectivity index (χ1) is 8.94. The average Bonchev–Trinajstić information content (AvgIpc) is 2.72. The van der Waals surface area contributed by atoms with E-state index in [2.05, 4.69) is 0 Å². The molecule has 0 aromatic heterocycles. The Labute approximate surface area is 118 Å². The van der Waals surface area contributed by atoms with Crippen molar-refractivity contribution in [2.24, 2.45) is 0 Å². The van der Waals surface area contributed by atoms with Gasteiger partial charge in [-0.3, -0.25) is 9.59 Å². The van der Waals surface area contributed by atoms with E-state index in [-0.39, 0.29) is 23.1 Å². The van der Waals surface area contributed by atoms with Crippen LogP contribution in [0.3, 0.4) is 0 Å². The zero-order valence-electron chi connectivity index (χ0n) is 11.6. The van der Waals surface area contributed by atoms with Crippen LogP contribution in [-0.4, -0.2) is 63.1 Å². The highest BCUT2D eigenvalue weighted by Crippen LogP contribution is 2.43. The van der Waals surface area contributed by atoms with E-state index in [9.17, 15) is 14.7 Å². The molecule has 1 atom stereocenters. The second kappa shape index (κ2) is 5.71. The first-order valence-electron chi connectivity index (χ1n) is 6.83. The maximum Gasteiger partial charge on any atom is 0.225 e. The quantitative estimate of drug-likeness (QED) is 0.810. The standard InChI is InChI=1S/C13H22N2O3S/c1-10(16)9-12(18)14-5-3-13(4-6-14)15(11(2)17)7-8-19-13/h10,16H,3-9H2,1-2H3/t10-/m1/s1. The number of rotatable bonds is 2. The van der Waals surface area contributed by atoms with Gasteiger partial charge < -0.3 is 14.9 Å². The molecule has 0 aromatic carbocycles. The molecule has 2 fully saturated rings. The van der Waals surface area contributed by atoms with E-state index >= 15 is 0 Å². The molecule has 0 saturated carbocycles. The van der Waals surface area contributed by atoms with Crippen LogP contribution in [0.25, 0.3) is 0 Å². The Bertz CT molecular complexity index is 365. The number of likely N-dealkylation sites (tertiary alicyclic amines) is 1. The van der Waals surface area contributed by atoms with Gasteiger partial charge in [-0.25, -0.2) is 0 Å². The predicted octanol–water partition coefficient (Wildman–Crippen LogP) is 0.671. The van der Waals surface area contributed by atoms with Crippen molar-refractivity contribution in [1.82, 2.24) is 9.80 Å². The molecule has 0 aromatic rings. The van der Waals surface area contributed by atoms with Crippen molar-refractivity contribution in [3.63, 3.8) is 0 Å². The first-order valence-corrected chi connectivity index (χ1v) is 7.81. The Morgan fingerprint density at radius 2 is 1.95 bits per heavy atom. The first kappa shape index (κ1) is 14.7. The molecule has 19 heavy (non-hydrogen) atoms. The van der Waals surface area contributed by atoms with Crippen LogP contribution >= 0.6 is 11.8 Å². The summed E-state index contributed by atoms with van der Waals surface area (Å²) in [6.07, 6.45) is 1.28. The summed E-state index contributed by atoms with van der Waals surface area (Å²) < 4.78 is 0. The molecular formula is C13H22N2O3S. The molecule has 108 valence electrons. The number of piperidine rings is 1. The highest BCUT2D eigenvalue weighted by atomic mass is 32.2. The fourth-order valence-electron chi connectivity index (χ4n) is 2.95. The molecule has 0 radical (unpaired) electrons. The molecule has 1 N–H and O–H groups in total. The Morgan fingerprint density at radius 1 is 1.32 bits per heavy atom. The molecule has 5 nitrogen and oxygen atoms in total. The third-order valence-corrected chi connectivity index (χ3v) is 5.48. The van der Waals surface area contributed by atoms with E-state index in [1.807, 2.05) is 21.6 Å². The van der Waals surface area contributed by atoms with Crippen molar-refractivity contribution in [2.75, 3.05) is 25.4 Å². The summed E-state index contributed by atoms with van der Waals surface area (Å²) in [5.41, 5.74) is 0. The van der Waals surface area contributed by atoms with E-state index in [0.29, 0.717) is 13.1 Å². The lowest BCUT2D eigenvalue weighted by Crippen LogP contribution is -2.53. The monoisotopic (exact) mass is 286 g/mol. The van der Waals surface area contributed by atoms with Crippen LogP contribution in [0.5, 0.6) is 0 Å². The molecule has 0 aliphatic carbocycles.